The van der Waals surface area contributed by atoms with Crippen LogP contribution < -0.4 is 0 Å². The summed E-state index contributed by atoms with van der Waals surface area (Å²) in [7, 11) is 0. The summed E-state index contributed by atoms with van der Waals surface area (Å²) in [5.41, 5.74) is 0. The summed E-state index contributed by atoms with van der Waals surface area (Å²) in [5.74, 6) is -3.00. The minimum absolute atomic E-state index is 0.252. The first kappa shape index (κ1) is 8.43. The van der Waals surface area contributed by atoms with Crippen LogP contribution in [0.2, 0.25) is 0 Å². The van der Waals surface area contributed by atoms with Gasteiger partial charge in [0.25, 0.3) is 5.92 Å². The number of alkyl halides is 2. The number of halogens is 2. The zero-order valence-electron chi connectivity index (χ0n) is 6.27. The Labute approximate surface area is 63.5 Å². The summed E-state index contributed by atoms with van der Waals surface area (Å²) in [6, 6.07) is 0. The Morgan fingerprint density at radius 2 is 2.18 bits per heavy atom. The Morgan fingerprint density at radius 1 is 1.64 bits per heavy atom. The number of carbonyl (C=O) groups excluding carboxylic acids is 1. The lowest BCUT2D eigenvalue weighted by molar-refractivity contribution is -0.182. The molecule has 0 aromatic carbocycles. The molecule has 0 amide bonds. The average molecular weight is 164 g/mol. The average Bonchev–Trinajstić information content (AvgIpc) is 1.83. The third-order valence-electron chi connectivity index (χ3n) is 1.64. The second kappa shape index (κ2) is 2.75. The zero-order valence-corrected chi connectivity index (χ0v) is 6.27. The summed E-state index contributed by atoms with van der Waals surface area (Å²) in [4.78, 5) is 10.6. The van der Waals surface area contributed by atoms with E-state index in [0.717, 1.165) is 0 Å². The van der Waals surface area contributed by atoms with Gasteiger partial charge >= 0.3 is 5.97 Å². The molecule has 11 heavy (non-hydrogen) atoms. The lowest BCUT2D eigenvalue weighted by atomic mass is 9.91. The Morgan fingerprint density at radius 3 is 2.55 bits per heavy atom. The number of hydrogen-bond acceptors (Lipinski definition) is 2. The molecule has 2 nitrogen and oxygen atoms in total. The molecule has 0 atom stereocenters. The number of rotatable bonds is 2. The van der Waals surface area contributed by atoms with Crippen LogP contribution in [0.4, 0.5) is 8.78 Å². The maximum atomic E-state index is 12.2. The van der Waals surface area contributed by atoms with Crippen molar-refractivity contribution in [1.29, 1.82) is 0 Å². The van der Waals surface area contributed by atoms with Crippen LogP contribution in [-0.2, 0) is 9.53 Å². The number of hydrogen-bond donors (Lipinski definition) is 0. The fraction of sp³-hybridized carbons (Fsp3) is 0.857. The maximum absolute atomic E-state index is 12.2. The molecule has 0 heterocycles. The predicted molar refractivity (Wildman–Crippen MR) is 34.4 cm³/mol. The van der Waals surface area contributed by atoms with Crippen molar-refractivity contribution in [2.75, 3.05) is 0 Å². The van der Waals surface area contributed by atoms with Crippen LogP contribution in [0.1, 0.15) is 26.2 Å². The number of ether oxygens (including phenoxy) is 1. The first-order valence-electron chi connectivity index (χ1n) is 3.61. The van der Waals surface area contributed by atoms with Crippen LogP contribution >= 0.6 is 0 Å². The number of carbonyl (C=O) groups is 1. The Bertz CT molecular complexity index is 160. The van der Waals surface area contributed by atoms with Crippen LogP contribution in [0.15, 0.2) is 0 Å². The van der Waals surface area contributed by atoms with E-state index in [-0.39, 0.29) is 19.3 Å². The van der Waals surface area contributed by atoms with Crippen LogP contribution in [0, 0.1) is 0 Å². The van der Waals surface area contributed by atoms with Crippen LogP contribution in [0.5, 0.6) is 0 Å². The first-order chi connectivity index (χ1) is 5.03. The molecule has 0 aliphatic heterocycles. The second-order valence-corrected chi connectivity index (χ2v) is 2.73. The molecule has 0 saturated heterocycles. The van der Waals surface area contributed by atoms with Gasteiger partial charge in [0.05, 0.1) is 0 Å². The Balaban J connectivity index is 2.19. The van der Waals surface area contributed by atoms with Crippen molar-refractivity contribution in [3.05, 3.63) is 0 Å². The van der Waals surface area contributed by atoms with Gasteiger partial charge in [0.2, 0.25) is 0 Å². The second-order valence-electron chi connectivity index (χ2n) is 2.73. The lowest BCUT2D eigenvalue weighted by Gasteiger charge is -2.33. The molecular weight excluding hydrogens is 154 g/mol. The van der Waals surface area contributed by atoms with Gasteiger partial charge in [0.15, 0.2) is 0 Å². The minimum Gasteiger partial charge on any atom is -0.462 e. The molecule has 1 aliphatic rings. The van der Waals surface area contributed by atoms with Crippen LogP contribution in [0.3, 0.4) is 0 Å². The van der Waals surface area contributed by atoms with Gasteiger partial charge in [-0.2, -0.15) is 0 Å². The molecule has 1 saturated carbocycles. The monoisotopic (exact) mass is 164 g/mol. The molecule has 0 spiro atoms. The summed E-state index contributed by atoms with van der Waals surface area (Å²) in [6.07, 6.45) is -0.906. The third-order valence-corrected chi connectivity index (χ3v) is 1.64. The van der Waals surface area contributed by atoms with Crippen molar-refractivity contribution >= 4 is 5.97 Å². The van der Waals surface area contributed by atoms with Crippen molar-refractivity contribution in [3.8, 4) is 0 Å². The van der Waals surface area contributed by atoms with E-state index in [2.05, 4.69) is 4.74 Å². The first-order valence-corrected chi connectivity index (χ1v) is 3.61. The topological polar surface area (TPSA) is 26.3 Å². The van der Waals surface area contributed by atoms with Crippen LogP contribution in [0.25, 0.3) is 0 Å². The van der Waals surface area contributed by atoms with Gasteiger partial charge in [0.1, 0.15) is 6.10 Å². The fourth-order valence-electron chi connectivity index (χ4n) is 0.959. The van der Waals surface area contributed by atoms with Crippen molar-refractivity contribution in [3.63, 3.8) is 0 Å². The van der Waals surface area contributed by atoms with E-state index in [0.29, 0.717) is 0 Å². The van der Waals surface area contributed by atoms with Crippen molar-refractivity contribution < 1.29 is 18.3 Å². The van der Waals surface area contributed by atoms with E-state index in [1.165, 1.54) is 0 Å². The molecule has 64 valence electrons. The highest BCUT2D eigenvalue weighted by molar-refractivity contribution is 5.69. The molecule has 0 bridgehead atoms. The largest absolute Gasteiger partial charge is 0.462 e. The van der Waals surface area contributed by atoms with E-state index < -0.39 is 18.0 Å². The molecule has 0 N–H and O–H groups in total. The molecule has 0 unspecified atom stereocenters. The minimum atomic E-state index is -2.60. The van der Waals surface area contributed by atoms with E-state index in [4.69, 9.17) is 0 Å². The van der Waals surface area contributed by atoms with Gasteiger partial charge in [-0.3, -0.25) is 4.79 Å². The zero-order chi connectivity index (χ0) is 8.48. The molecule has 1 aliphatic carbocycles. The van der Waals surface area contributed by atoms with Crippen molar-refractivity contribution in [2.24, 2.45) is 0 Å². The van der Waals surface area contributed by atoms with Gasteiger partial charge in [0, 0.05) is 19.3 Å². The molecule has 0 aromatic rings. The maximum Gasteiger partial charge on any atom is 0.305 e. The van der Waals surface area contributed by atoms with Gasteiger partial charge in [-0.15, -0.1) is 0 Å². The quantitative estimate of drug-likeness (QED) is 0.581. The SMILES string of the molecule is CCC(=O)OC1CC(F)(F)C1. The van der Waals surface area contributed by atoms with E-state index in [1.54, 1.807) is 6.92 Å². The van der Waals surface area contributed by atoms with Crippen LogP contribution in [-0.4, -0.2) is 18.0 Å². The van der Waals surface area contributed by atoms with E-state index in [1.807, 2.05) is 0 Å². The normalized spacial score (nSPS) is 22.5. The molecule has 4 heteroatoms. The Kier molecular flexibility index (Phi) is 2.11. The molecule has 1 fully saturated rings. The number of esters is 1. The fourth-order valence-corrected chi connectivity index (χ4v) is 0.959. The lowest BCUT2D eigenvalue weighted by Crippen LogP contribution is -2.42. The Hall–Kier alpha value is -0.670. The van der Waals surface area contributed by atoms with Gasteiger partial charge in [-0.1, -0.05) is 6.92 Å². The molecule has 1 rings (SSSR count). The van der Waals surface area contributed by atoms with Crippen molar-refractivity contribution in [1.82, 2.24) is 0 Å². The van der Waals surface area contributed by atoms with Crippen molar-refractivity contribution in [2.45, 2.75) is 38.2 Å². The summed E-state index contributed by atoms with van der Waals surface area (Å²) >= 11 is 0. The standard InChI is InChI=1S/C7H10F2O2/c1-2-6(10)11-5-3-7(8,9)4-5/h5H,2-4H2,1H3. The molecular formula is C7H10F2O2. The summed E-state index contributed by atoms with van der Waals surface area (Å²) in [5, 5.41) is 0. The highest BCUT2D eigenvalue weighted by Crippen LogP contribution is 2.39. The van der Waals surface area contributed by atoms with E-state index in [9.17, 15) is 13.6 Å². The summed E-state index contributed by atoms with van der Waals surface area (Å²) in [6.45, 7) is 1.64. The van der Waals surface area contributed by atoms with Gasteiger partial charge < -0.3 is 4.74 Å². The summed E-state index contributed by atoms with van der Waals surface area (Å²) < 4.78 is 29.0. The molecule has 0 aromatic heterocycles. The highest BCUT2D eigenvalue weighted by Gasteiger charge is 2.47. The molecule has 0 radical (unpaired) electrons. The third kappa shape index (κ3) is 2.13. The smallest absolute Gasteiger partial charge is 0.305 e. The van der Waals surface area contributed by atoms with E-state index >= 15 is 0 Å². The predicted octanol–water partition coefficient (Wildman–Crippen LogP) is 1.74. The van der Waals surface area contributed by atoms with Gasteiger partial charge in [-0.25, -0.2) is 8.78 Å². The highest BCUT2D eigenvalue weighted by atomic mass is 19.3. The van der Waals surface area contributed by atoms with Gasteiger partial charge in [-0.05, 0) is 0 Å².